The largest absolute Gasteiger partial charge is 0.485 e. The Balaban J connectivity index is 1.54. The van der Waals surface area contributed by atoms with Gasteiger partial charge in [-0.05, 0) is 29.5 Å². The number of likely N-dealkylation sites (tertiary alicyclic amines) is 1. The number of benzene rings is 1. The number of aromatic nitrogens is 4. The Bertz CT molecular complexity index is 627. The zero-order valence-electron chi connectivity index (χ0n) is 11.4. The first kappa shape index (κ1) is 13.8. The zero-order chi connectivity index (χ0) is 14.8. The first-order valence-corrected chi connectivity index (χ1v) is 6.95. The van der Waals surface area contributed by atoms with Crippen LogP contribution in [0.2, 0.25) is 5.02 Å². The van der Waals surface area contributed by atoms with E-state index < -0.39 is 6.04 Å². The average molecular weight is 308 g/mol. The number of carbonyl (C=O) groups is 1. The minimum atomic E-state index is -0.415. The van der Waals surface area contributed by atoms with Crippen molar-refractivity contribution in [3.63, 3.8) is 0 Å². The molecule has 1 aromatic carbocycles. The van der Waals surface area contributed by atoms with Crippen molar-refractivity contribution in [2.45, 2.75) is 19.1 Å². The predicted octanol–water partition coefficient (Wildman–Crippen LogP) is 1.18. The van der Waals surface area contributed by atoms with Crippen molar-refractivity contribution < 1.29 is 9.53 Å². The van der Waals surface area contributed by atoms with Gasteiger partial charge in [0.05, 0.1) is 18.1 Å². The third kappa shape index (κ3) is 2.82. The maximum Gasteiger partial charge on any atom is 0.247 e. The molecule has 0 aliphatic carbocycles. The fraction of sp³-hybridized carbons (Fsp3) is 0.385. The molecule has 1 amide bonds. The number of nitrogens with zero attached hydrogens (tertiary/aromatic N) is 5. The van der Waals surface area contributed by atoms with Gasteiger partial charge in [0.25, 0.3) is 0 Å². The van der Waals surface area contributed by atoms with Crippen molar-refractivity contribution >= 4 is 17.5 Å². The second-order valence-corrected chi connectivity index (χ2v) is 5.29. The predicted molar refractivity (Wildman–Crippen MR) is 75.0 cm³/mol. The van der Waals surface area contributed by atoms with Crippen molar-refractivity contribution in [3.05, 3.63) is 35.6 Å². The van der Waals surface area contributed by atoms with E-state index in [1.165, 1.54) is 11.0 Å². The van der Waals surface area contributed by atoms with Crippen molar-refractivity contribution in [1.82, 2.24) is 25.1 Å². The fourth-order valence-electron chi connectivity index (χ4n) is 2.14. The van der Waals surface area contributed by atoms with Gasteiger partial charge in [0.1, 0.15) is 24.2 Å². The van der Waals surface area contributed by atoms with Crippen LogP contribution in [0, 0.1) is 0 Å². The zero-order valence-corrected chi connectivity index (χ0v) is 12.1. The van der Waals surface area contributed by atoms with Gasteiger partial charge in [-0.2, -0.15) is 0 Å². The quantitative estimate of drug-likeness (QED) is 0.848. The lowest BCUT2D eigenvalue weighted by molar-refractivity contribution is -0.143. The number of hydrogen-bond acceptors (Lipinski definition) is 5. The lowest BCUT2D eigenvalue weighted by Gasteiger charge is -2.40. The smallest absolute Gasteiger partial charge is 0.247 e. The Kier molecular flexibility index (Phi) is 3.74. The number of tetrazole rings is 1. The van der Waals surface area contributed by atoms with E-state index in [0.717, 1.165) is 0 Å². The minimum Gasteiger partial charge on any atom is -0.485 e. The summed E-state index contributed by atoms with van der Waals surface area (Å²) in [5.41, 5.74) is 0. The van der Waals surface area contributed by atoms with Crippen molar-refractivity contribution in [3.8, 4) is 5.75 Å². The summed E-state index contributed by atoms with van der Waals surface area (Å²) in [6.07, 6.45) is 1.40. The molecule has 1 fully saturated rings. The van der Waals surface area contributed by atoms with Crippen LogP contribution in [-0.2, 0) is 4.79 Å². The molecule has 0 unspecified atom stereocenters. The Hall–Kier alpha value is -2.15. The lowest BCUT2D eigenvalue weighted by Crippen LogP contribution is -2.57. The first-order valence-electron chi connectivity index (χ1n) is 6.57. The summed E-state index contributed by atoms with van der Waals surface area (Å²) < 4.78 is 7.19. The van der Waals surface area contributed by atoms with Crippen LogP contribution in [0.4, 0.5) is 0 Å². The number of rotatable bonds is 4. The molecule has 0 saturated carbocycles. The number of carbonyl (C=O) groups excluding carboxylic acids is 1. The summed E-state index contributed by atoms with van der Waals surface area (Å²) >= 11 is 6.04. The Morgan fingerprint density at radius 2 is 2.19 bits per heavy atom. The molecule has 7 nitrogen and oxygen atoms in total. The molecule has 1 aliphatic rings. The van der Waals surface area contributed by atoms with E-state index in [0.29, 0.717) is 23.9 Å². The van der Waals surface area contributed by atoms with Gasteiger partial charge in [-0.1, -0.05) is 23.7 Å². The van der Waals surface area contributed by atoms with Crippen molar-refractivity contribution in [2.75, 3.05) is 13.1 Å². The van der Waals surface area contributed by atoms with Gasteiger partial charge < -0.3 is 9.64 Å². The number of hydrogen-bond donors (Lipinski definition) is 0. The van der Waals surface area contributed by atoms with Crippen LogP contribution in [0.5, 0.6) is 5.75 Å². The van der Waals surface area contributed by atoms with Gasteiger partial charge in [0.15, 0.2) is 0 Å². The number of para-hydroxylation sites is 1. The topological polar surface area (TPSA) is 73.1 Å². The first-order chi connectivity index (χ1) is 10.1. The summed E-state index contributed by atoms with van der Waals surface area (Å²) in [5, 5.41) is 11.4. The van der Waals surface area contributed by atoms with Gasteiger partial charge in [-0.25, -0.2) is 4.68 Å². The van der Waals surface area contributed by atoms with Crippen LogP contribution >= 0.6 is 11.6 Å². The molecular formula is C13H14ClN5O2. The standard InChI is InChI=1S/C13H14ClN5O2/c1-9(19-8-15-16-17-19)13(20)18-6-10(7-18)21-12-5-3-2-4-11(12)14/h2-5,8-10H,6-7H2,1H3/t9-/m0/s1. The van der Waals surface area contributed by atoms with Crippen molar-refractivity contribution in [1.29, 1.82) is 0 Å². The maximum absolute atomic E-state index is 12.2. The molecule has 21 heavy (non-hydrogen) atoms. The normalized spacial score (nSPS) is 16.4. The molecule has 1 saturated heterocycles. The average Bonchev–Trinajstić information content (AvgIpc) is 2.96. The summed E-state index contributed by atoms with van der Waals surface area (Å²) in [6.45, 7) is 2.84. The highest BCUT2D eigenvalue weighted by Crippen LogP contribution is 2.27. The number of ether oxygens (including phenoxy) is 1. The molecule has 110 valence electrons. The number of amides is 1. The minimum absolute atomic E-state index is 0.0266. The summed E-state index contributed by atoms with van der Waals surface area (Å²) in [5.74, 6) is 0.617. The molecular weight excluding hydrogens is 294 g/mol. The SMILES string of the molecule is C[C@@H](C(=O)N1CC(Oc2ccccc2Cl)C1)n1cnnn1. The molecule has 3 rings (SSSR count). The highest BCUT2D eigenvalue weighted by atomic mass is 35.5. The molecule has 1 aromatic heterocycles. The van der Waals surface area contributed by atoms with Crippen LogP contribution < -0.4 is 4.74 Å². The molecule has 1 atom stereocenters. The van der Waals surface area contributed by atoms with Crippen LogP contribution in [-0.4, -0.2) is 50.2 Å². The van der Waals surface area contributed by atoms with E-state index in [9.17, 15) is 4.79 Å². The monoisotopic (exact) mass is 307 g/mol. The van der Waals surface area contributed by atoms with Crippen LogP contribution in [0.25, 0.3) is 0 Å². The third-order valence-corrected chi connectivity index (χ3v) is 3.72. The Morgan fingerprint density at radius 1 is 1.43 bits per heavy atom. The van der Waals surface area contributed by atoms with Gasteiger partial charge in [-0.3, -0.25) is 4.79 Å². The second-order valence-electron chi connectivity index (χ2n) is 4.88. The van der Waals surface area contributed by atoms with Crippen molar-refractivity contribution in [2.24, 2.45) is 0 Å². The van der Waals surface area contributed by atoms with E-state index >= 15 is 0 Å². The molecule has 0 bridgehead atoms. The van der Waals surface area contributed by atoms with E-state index in [4.69, 9.17) is 16.3 Å². The molecule has 0 radical (unpaired) electrons. The van der Waals surface area contributed by atoms with Crippen LogP contribution in [0.15, 0.2) is 30.6 Å². The van der Waals surface area contributed by atoms with Gasteiger partial charge in [0, 0.05) is 0 Å². The van der Waals surface area contributed by atoms with E-state index in [2.05, 4.69) is 15.5 Å². The molecule has 1 aliphatic heterocycles. The van der Waals surface area contributed by atoms with Gasteiger partial charge in [0.2, 0.25) is 5.91 Å². The highest BCUT2D eigenvalue weighted by molar-refractivity contribution is 6.32. The van der Waals surface area contributed by atoms with E-state index in [1.54, 1.807) is 17.9 Å². The van der Waals surface area contributed by atoms with Crippen LogP contribution in [0.3, 0.4) is 0 Å². The molecule has 0 N–H and O–H groups in total. The summed E-state index contributed by atoms with van der Waals surface area (Å²) in [7, 11) is 0. The second kappa shape index (κ2) is 5.69. The van der Waals surface area contributed by atoms with Gasteiger partial charge >= 0.3 is 0 Å². The summed E-state index contributed by atoms with van der Waals surface area (Å²) in [4.78, 5) is 13.9. The van der Waals surface area contributed by atoms with E-state index in [-0.39, 0.29) is 12.0 Å². The van der Waals surface area contributed by atoms with Crippen LogP contribution in [0.1, 0.15) is 13.0 Å². The van der Waals surface area contributed by atoms with E-state index in [1.807, 2.05) is 18.2 Å². The molecule has 2 heterocycles. The summed E-state index contributed by atoms with van der Waals surface area (Å²) in [6, 6.07) is 6.89. The number of halogens is 1. The maximum atomic E-state index is 12.2. The highest BCUT2D eigenvalue weighted by Gasteiger charge is 2.35. The third-order valence-electron chi connectivity index (χ3n) is 3.41. The molecule has 2 aromatic rings. The lowest BCUT2D eigenvalue weighted by atomic mass is 10.1. The van der Waals surface area contributed by atoms with Gasteiger partial charge in [-0.15, -0.1) is 5.10 Å². The molecule has 0 spiro atoms. The fourth-order valence-corrected chi connectivity index (χ4v) is 2.32. The Morgan fingerprint density at radius 3 is 2.86 bits per heavy atom. The molecule has 8 heteroatoms. The Labute approximate surface area is 126 Å².